The summed E-state index contributed by atoms with van der Waals surface area (Å²) in [5, 5.41) is 9.54. The molecule has 2 atom stereocenters. The summed E-state index contributed by atoms with van der Waals surface area (Å²) in [7, 11) is 0. The number of halogens is 2. The molecule has 1 saturated heterocycles. The quantitative estimate of drug-likeness (QED) is 0.438. The SMILES string of the molecule is NC(=O)Nc1cc(-c2ccc(Cl)cc2)sc1C(=O)N[C@H]1CNCC[C@H]1c1ccc(F)cc1. The number of nitrogens with one attached hydrogen (secondary N) is 3. The molecule has 1 aromatic heterocycles. The number of hydrogen-bond donors (Lipinski definition) is 4. The van der Waals surface area contributed by atoms with E-state index in [9.17, 15) is 14.0 Å². The first-order valence-corrected chi connectivity index (χ1v) is 11.3. The van der Waals surface area contributed by atoms with Crippen LogP contribution in [0.4, 0.5) is 14.9 Å². The molecule has 9 heteroatoms. The fourth-order valence-corrected chi connectivity index (χ4v) is 5.04. The summed E-state index contributed by atoms with van der Waals surface area (Å²) < 4.78 is 13.4. The van der Waals surface area contributed by atoms with Crippen LogP contribution in [0.3, 0.4) is 0 Å². The zero-order valence-electron chi connectivity index (χ0n) is 17.0. The monoisotopic (exact) mass is 472 g/mol. The second-order valence-corrected chi connectivity index (χ2v) is 9.07. The Morgan fingerprint density at radius 1 is 1.12 bits per heavy atom. The van der Waals surface area contributed by atoms with Crippen molar-refractivity contribution in [2.45, 2.75) is 18.4 Å². The zero-order chi connectivity index (χ0) is 22.7. The fraction of sp³-hybridized carbons (Fsp3) is 0.217. The summed E-state index contributed by atoms with van der Waals surface area (Å²) in [5.74, 6) is -0.553. The number of nitrogens with two attached hydrogens (primary N) is 1. The molecule has 1 aliphatic rings. The highest BCUT2D eigenvalue weighted by Gasteiger charge is 2.29. The molecule has 0 unspecified atom stereocenters. The summed E-state index contributed by atoms with van der Waals surface area (Å²) in [6, 6.07) is 14.4. The standard InChI is InChI=1S/C23H22ClFN4O2S/c24-15-5-1-14(2-6-15)20-11-18(29-23(26)31)21(32-20)22(30)28-19-12-27-10-9-17(19)13-3-7-16(25)8-4-13/h1-8,11,17,19,27H,9-10,12H2,(H,28,30)(H3,26,29,31)/t17-,19-/m0/s1. The molecule has 2 aromatic carbocycles. The van der Waals surface area contributed by atoms with E-state index in [4.69, 9.17) is 17.3 Å². The van der Waals surface area contributed by atoms with E-state index in [1.54, 1.807) is 30.3 Å². The van der Waals surface area contributed by atoms with Crippen LogP contribution in [0.2, 0.25) is 5.02 Å². The Balaban J connectivity index is 1.60. The van der Waals surface area contributed by atoms with E-state index in [0.717, 1.165) is 29.0 Å². The number of amides is 3. The molecule has 0 saturated carbocycles. The third kappa shape index (κ3) is 5.09. The molecule has 5 N–H and O–H groups in total. The Morgan fingerprint density at radius 2 is 1.84 bits per heavy atom. The minimum atomic E-state index is -0.747. The number of carbonyl (C=O) groups excluding carboxylic acids is 2. The number of thiophene rings is 1. The first-order valence-electron chi connectivity index (χ1n) is 10.1. The van der Waals surface area contributed by atoms with Crippen molar-refractivity contribution in [3.8, 4) is 10.4 Å². The normalized spacial score (nSPS) is 18.2. The van der Waals surface area contributed by atoms with E-state index in [0.29, 0.717) is 22.1 Å². The van der Waals surface area contributed by atoms with Gasteiger partial charge in [-0.15, -0.1) is 11.3 Å². The van der Waals surface area contributed by atoms with E-state index in [1.165, 1.54) is 23.5 Å². The lowest BCUT2D eigenvalue weighted by Crippen LogP contribution is -2.50. The topological polar surface area (TPSA) is 96.2 Å². The average molecular weight is 473 g/mol. The summed E-state index contributed by atoms with van der Waals surface area (Å²) >= 11 is 7.24. The molecule has 0 spiro atoms. The molecule has 4 rings (SSSR count). The molecule has 3 amide bonds. The van der Waals surface area contributed by atoms with Crippen molar-refractivity contribution in [2.75, 3.05) is 18.4 Å². The van der Waals surface area contributed by atoms with E-state index in [-0.39, 0.29) is 23.7 Å². The number of hydrogen-bond acceptors (Lipinski definition) is 4. The second kappa shape index (κ2) is 9.68. The first-order chi connectivity index (χ1) is 15.4. The van der Waals surface area contributed by atoms with Gasteiger partial charge in [-0.1, -0.05) is 35.9 Å². The highest BCUT2D eigenvalue weighted by atomic mass is 35.5. The predicted octanol–water partition coefficient (Wildman–Crippen LogP) is 4.57. The molecule has 1 aliphatic heterocycles. The van der Waals surface area contributed by atoms with E-state index < -0.39 is 6.03 Å². The number of rotatable bonds is 5. The maximum atomic E-state index is 13.4. The lowest BCUT2D eigenvalue weighted by atomic mass is 9.86. The highest BCUT2D eigenvalue weighted by Crippen LogP contribution is 2.36. The Morgan fingerprint density at radius 3 is 2.53 bits per heavy atom. The summed E-state index contributed by atoms with van der Waals surface area (Å²) in [5.41, 5.74) is 7.52. The maximum absolute atomic E-state index is 13.4. The molecule has 0 bridgehead atoms. The summed E-state index contributed by atoms with van der Waals surface area (Å²) in [6.07, 6.45) is 0.809. The van der Waals surface area contributed by atoms with Gasteiger partial charge in [-0.25, -0.2) is 9.18 Å². The number of piperidine rings is 1. The Bertz CT molecular complexity index is 1120. The van der Waals surface area contributed by atoms with Crippen LogP contribution in [0, 0.1) is 5.82 Å². The molecule has 0 aliphatic carbocycles. The third-order valence-corrected chi connectivity index (χ3v) is 6.86. The Labute approximate surface area is 194 Å². The van der Waals surface area contributed by atoms with Crippen molar-refractivity contribution in [1.29, 1.82) is 0 Å². The van der Waals surface area contributed by atoms with Crippen LogP contribution in [0.5, 0.6) is 0 Å². The lowest BCUT2D eigenvalue weighted by Gasteiger charge is -2.33. The maximum Gasteiger partial charge on any atom is 0.316 e. The third-order valence-electron chi connectivity index (χ3n) is 5.42. The van der Waals surface area contributed by atoms with Gasteiger partial charge in [0, 0.05) is 28.4 Å². The lowest BCUT2D eigenvalue weighted by molar-refractivity contribution is 0.0929. The number of urea groups is 1. The van der Waals surface area contributed by atoms with Crippen molar-refractivity contribution < 1.29 is 14.0 Å². The van der Waals surface area contributed by atoms with Gasteiger partial charge in [-0.3, -0.25) is 4.79 Å². The van der Waals surface area contributed by atoms with Crippen molar-refractivity contribution in [3.05, 3.63) is 75.9 Å². The van der Waals surface area contributed by atoms with E-state index in [1.807, 2.05) is 12.1 Å². The molecular formula is C23H22ClFN4O2S. The van der Waals surface area contributed by atoms with Crippen molar-refractivity contribution in [2.24, 2.45) is 5.73 Å². The molecule has 6 nitrogen and oxygen atoms in total. The van der Waals surface area contributed by atoms with Crippen LogP contribution < -0.4 is 21.7 Å². The van der Waals surface area contributed by atoms with Crippen LogP contribution in [0.1, 0.15) is 27.6 Å². The number of anilines is 1. The van der Waals surface area contributed by atoms with E-state index in [2.05, 4.69) is 16.0 Å². The van der Waals surface area contributed by atoms with Crippen LogP contribution in [0.15, 0.2) is 54.6 Å². The second-order valence-electron chi connectivity index (χ2n) is 7.58. The summed E-state index contributed by atoms with van der Waals surface area (Å²) in [4.78, 5) is 25.9. The molecule has 32 heavy (non-hydrogen) atoms. The number of carbonyl (C=O) groups is 2. The van der Waals surface area contributed by atoms with Gasteiger partial charge in [0.25, 0.3) is 5.91 Å². The molecular weight excluding hydrogens is 451 g/mol. The van der Waals surface area contributed by atoms with Gasteiger partial charge < -0.3 is 21.7 Å². The fourth-order valence-electron chi connectivity index (χ4n) is 3.89. The van der Waals surface area contributed by atoms with Gasteiger partial charge in [-0.05, 0) is 54.4 Å². The predicted molar refractivity (Wildman–Crippen MR) is 126 cm³/mol. The molecule has 0 radical (unpaired) electrons. The van der Waals surface area contributed by atoms with Crippen LogP contribution >= 0.6 is 22.9 Å². The van der Waals surface area contributed by atoms with E-state index >= 15 is 0 Å². The minimum Gasteiger partial charge on any atom is -0.351 e. The summed E-state index contributed by atoms with van der Waals surface area (Å²) in [6.45, 7) is 1.39. The molecule has 2 heterocycles. The number of benzene rings is 2. The average Bonchev–Trinajstić information content (AvgIpc) is 3.18. The zero-order valence-corrected chi connectivity index (χ0v) is 18.6. The van der Waals surface area contributed by atoms with Crippen LogP contribution in [0.25, 0.3) is 10.4 Å². The Hall–Kier alpha value is -2.94. The number of primary amides is 1. The van der Waals surface area contributed by atoms with Gasteiger partial charge in [-0.2, -0.15) is 0 Å². The smallest absolute Gasteiger partial charge is 0.316 e. The van der Waals surface area contributed by atoms with Crippen LogP contribution in [-0.4, -0.2) is 31.1 Å². The molecule has 3 aromatic rings. The van der Waals surface area contributed by atoms with Crippen LogP contribution in [-0.2, 0) is 0 Å². The van der Waals surface area contributed by atoms with Gasteiger partial charge in [0.05, 0.1) is 5.69 Å². The van der Waals surface area contributed by atoms with Gasteiger partial charge >= 0.3 is 6.03 Å². The van der Waals surface area contributed by atoms with Crippen molar-refractivity contribution in [1.82, 2.24) is 10.6 Å². The largest absolute Gasteiger partial charge is 0.351 e. The minimum absolute atomic E-state index is 0.0454. The van der Waals surface area contributed by atoms with Gasteiger partial charge in [0.1, 0.15) is 10.7 Å². The van der Waals surface area contributed by atoms with Crippen molar-refractivity contribution in [3.63, 3.8) is 0 Å². The Kier molecular flexibility index (Phi) is 6.74. The van der Waals surface area contributed by atoms with Crippen molar-refractivity contribution >= 4 is 40.6 Å². The highest BCUT2D eigenvalue weighted by molar-refractivity contribution is 7.18. The van der Waals surface area contributed by atoms with Gasteiger partial charge in [0.15, 0.2) is 0 Å². The first kappa shape index (κ1) is 22.3. The van der Waals surface area contributed by atoms with Gasteiger partial charge in [0.2, 0.25) is 0 Å². The molecule has 1 fully saturated rings. The molecule has 166 valence electrons.